The van der Waals surface area contributed by atoms with Crippen molar-refractivity contribution in [2.45, 2.75) is 6.92 Å². The van der Waals surface area contributed by atoms with Crippen molar-refractivity contribution in [2.75, 3.05) is 5.32 Å². The number of anilines is 1. The van der Waals surface area contributed by atoms with E-state index in [1.54, 1.807) is 19.2 Å². The number of nitrogens with zero attached hydrogens (tertiary/aromatic N) is 2. The van der Waals surface area contributed by atoms with Crippen LogP contribution in [-0.2, 0) is 7.05 Å². The lowest BCUT2D eigenvalue weighted by Crippen LogP contribution is -2.15. The summed E-state index contributed by atoms with van der Waals surface area (Å²) in [5.74, 6) is -0.453. The van der Waals surface area contributed by atoms with Gasteiger partial charge in [-0.25, -0.2) is 0 Å². The zero-order chi connectivity index (χ0) is 15.7. The van der Waals surface area contributed by atoms with E-state index in [1.165, 1.54) is 16.8 Å². The summed E-state index contributed by atoms with van der Waals surface area (Å²) in [4.78, 5) is 22.4. The number of rotatable bonds is 3. The minimum Gasteiger partial charge on any atom is -0.340 e. The molecule has 0 aliphatic carbocycles. The molecule has 110 valence electrons. The van der Waals surface area contributed by atoms with E-state index in [4.69, 9.17) is 11.6 Å². The van der Waals surface area contributed by atoms with E-state index in [2.05, 4.69) is 21.2 Å². The summed E-state index contributed by atoms with van der Waals surface area (Å²) in [5, 5.41) is 13.9. The summed E-state index contributed by atoms with van der Waals surface area (Å²) in [6.45, 7) is 1.85. The maximum absolute atomic E-state index is 12.2. The molecule has 8 heteroatoms. The first-order valence-electron chi connectivity index (χ1n) is 5.87. The van der Waals surface area contributed by atoms with Crippen LogP contribution < -0.4 is 5.32 Å². The summed E-state index contributed by atoms with van der Waals surface area (Å²) in [6, 6.07) is 4.63. The van der Waals surface area contributed by atoms with Crippen LogP contribution in [0, 0.1) is 17.0 Å². The van der Waals surface area contributed by atoms with Crippen LogP contribution in [0.25, 0.3) is 0 Å². The fraction of sp³-hybridized carbons (Fsp3) is 0.154. The Labute approximate surface area is 134 Å². The number of benzene rings is 1. The first-order chi connectivity index (χ1) is 9.79. The molecule has 0 radical (unpaired) electrons. The SMILES string of the molecule is Cc1cc(Br)c(NC(=O)c2cc([N+](=O)[O-])cn2C)cc1Cl. The number of carbonyl (C=O) groups is 1. The first-order valence-corrected chi connectivity index (χ1v) is 7.04. The van der Waals surface area contributed by atoms with Gasteiger partial charge in [-0.15, -0.1) is 0 Å². The van der Waals surface area contributed by atoms with Gasteiger partial charge >= 0.3 is 0 Å². The van der Waals surface area contributed by atoms with Gasteiger partial charge in [0.05, 0.1) is 16.8 Å². The van der Waals surface area contributed by atoms with Crippen LogP contribution in [0.1, 0.15) is 16.1 Å². The number of hydrogen-bond donors (Lipinski definition) is 1. The number of nitrogens with one attached hydrogen (secondary N) is 1. The summed E-state index contributed by atoms with van der Waals surface area (Å²) in [7, 11) is 1.57. The molecular weight excluding hydrogens is 362 g/mol. The number of nitro groups is 1. The Morgan fingerprint density at radius 2 is 2.10 bits per heavy atom. The molecular formula is C13H11BrClN3O3. The summed E-state index contributed by atoms with van der Waals surface area (Å²) in [5.41, 5.74) is 1.42. The molecule has 0 bridgehead atoms. The van der Waals surface area contributed by atoms with Crippen molar-refractivity contribution in [3.63, 3.8) is 0 Å². The van der Waals surface area contributed by atoms with Gasteiger partial charge in [-0.2, -0.15) is 0 Å². The van der Waals surface area contributed by atoms with E-state index < -0.39 is 10.8 Å². The minimum absolute atomic E-state index is 0.136. The lowest BCUT2D eigenvalue weighted by Gasteiger charge is -2.09. The number of amides is 1. The van der Waals surface area contributed by atoms with Gasteiger partial charge in [0.2, 0.25) is 0 Å². The second-order valence-corrected chi connectivity index (χ2v) is 5.75. The summed E-state index contributed by atoms with van der Waals surface area (Å²) >= 11 is 9.37. The lowest BCUT2D eigenvalue weighted by molar-refractivity contribution is -0.384. The van der Waals surface area contributed by atoms with Crippen molar-refractivity contribution < 1.29 is 9.72 Å². The van der Waals surface area contributed by atoms with Crippen LogP contribution in [0.5, 0.6) is 0 Å². The second kappa shape index (κ2) is 5.87. The Morgan fingerprint density at radius 1 is 1.43 bits per heavy atom. The van der Waals surface area contributed by atoms with Crippen LogP contribution in [0.3, 0.4) is 0 Å². The highest BCUT2D eigenvalue weighted by Crippen LogP contribution is 2.29. The van der Waals surface area contributed by atoms with Crippen LogP contribution in [0.2, 0.25) is 5.02 Å². The Balaban J connectivity index is 2.30. The Bertz CT molecular complexity index is 743. The van der Waals surface area contributed by atoms with E-state index >= 15 is 0 Å². The van der Waals surface area contributed by atoms with Crippen LogP contribution in [-0.4, -0.2) is 15.4 Å². The van der Waals surface area contributed by atoms with Gasteiger partial charge < -0.3 is 9.88 Å². The maximum Gasteiger partial charge on any atom is 0.287 e. The van der Waals surface area contributed by atoms with Crippen molar-refractivity contribution in [1.82, 2.24) is 4.57 Å². The fourth-order valence-corrected chi connectivity index (χ4v) is 2.52. The molecule has 2 aromatic rings. The van der Waals surface area contributed by atoms with Crippen molar-refractivity contribution in [3.8, 4) is 0 Å². The molecule has 0 aliphatic rings. The predicted molar refractivity (Wildman–Crippen MR) is 83.9 cm³/mol. The van der Waals surface area contributed by atoms with Crippen molar-refractivity contribution >= 4 is 44.8 Å². The molecule has 1 N–H and O–H groups in total. The van der Waals surface area contributed by atoms with Gasteiger partial charge in [-0.1, -0.05) is 11.6 Å². The molecule has 6 nitrogen and oxygen atoms in total. The van der Waals surface area contributed by atoms with Crippen molar-refractivity contribution in [2.24, 2.45) is 7.05 Å². The first kappa shape index (κ1) is 15.5. The monoisotopic (exact) mass is 371 g/mol. The van der Waals surface area contributed by atoms with Gasteiger partial charge in [0.15, 0.2) is 0 Å². The molecule has 2 rings (SSSR count). The van der Waals surface area contributed by atoms with Gasteiger partial charge in [-0.05, 0) is 40.5 Å². The maximum atomic E-state index is 12.2. The number of halogens is 2. The summed E-state index contributed by atoms with van der Waals surface area (Å²) < 4.78 is 2.08. The number of aromatic nitrogens is 1. The van der Waals surface area contributed by atoms with Crippen LogP contribution in [0.15, 0.2) is 28.9 Å². The molecule has 1 heterocycles. The third-order valence-corrected chi connectivity index (χ3v) is 3.99. The highest BCUT2D eigenvalue weighted by molar-refractivity contribution is 9.10. The molecule has 0 atom stereocenters. The van der Waals surface area contributed by atoms with E-state index in [0.717, 1.165) is 5.56 Å². The van der Waals surface area contributed by atoms with Crippen LogP contribution >= 0.6 is 27.5 Å². The average Bonchev–Trinajstić information content (AvgIpc) is 2.78. The second-order valence-electron chi connectivity index (χ2n) is 4.49. The van der Waals surface area contributed by atoms with E-state index in [0.29, 0.717) is 15.2 Å². The smallest absolute Gasteiger partial charge is 0.287 e. The molecule has 0 aliphatic heterocycles. The quantitative estimate of drug-likeness (QED) is 0.655. The Morgan fingerprint density at radius 3 is 2.67 bits per heavy atom. The third kappa shape index (κ3) is 3.25. The number of carbonyl (C=O) groups excluding carboxylic acids is 1. The third-order valence-electron chi connectivity index (χ3n) is 2.93. The molecule has 0 spiro atoms. The molecule has 1 aromatic carbocycles. The topological polar surface area (TPSA) is 77.2 Å². The molecule has 1 aromatic heterocycles. The molecule has 21 heavy (non-hydrogen) atoms. The zero-order valence-corrected chi connectivity index (χ0v) is 13.5. The van der Waals surface area contributed by atoms with Gasteiger partial charge in [0.1, 0.15) is 5.69 Å². The Hall–Kier alpha value is -1.86. The molecule has 0 saturated heterocycles. The fourth-order valence-electron chi connectivity index (χ4n) is 1.80. The zero-order valence-electron chi connectivity index (χ0n) is 11.2. The molecule has 0 fully saturated rings. The van der Waals surface area contributed by atoms with Gasteiger partial charge in [0, 0.05) is 22.6 Å². The highest BCUT2D eigenvalue weighted by Gasteiger charge is 2.18. The molecule has 0 unspecified atom stereocenters. The standard InChI is InChI=1S/C13H11BrClN3O3/c1-7-3-9(14)11(5-10(7)15)16-13(19)12-4-8(18(20)21)6-17(12)2/h3-6H,1-2H3,(H,16,19). The minimum atomic E-state index is -0.546. The lowest BCUT2D eigenvalue weighted by atomic mass is 10.2. The number of aryl methyl sites for hydroxylation is 2. The normalized spacial score (nSPS) is 10.5. The van der Waals surface area contributed by atoms with Gasteiger partial charge in [0.25, 0.3) is 11.6 Å². The summed E-state index contributed by atoms with van der Waals surface area (Å²) in [6.07, 6.45) is 1.28. The van der Waals surface area contributed by atoms with Crippen LogP contribution in [0.4, 0.5) is 11.4 Å². The van der Waals surface area contributed by atoms with E-state index in [9.17, 15) is 14.9 Å². The van der Waals surface area contributed by atoms with Crippen molar-refractivity contribution in [3.05, 3.63) is 55.3 Å². The van der Waals surface area contributed by atoms with E-state index in [1.807, 2.05) is 6.92 Å². The van der Waals surface area contributed by atoms with Crippen molar-refractivity contribution in [1.29, 1.82) is 0 Å². The molecule has 1 amide bonds. The predicted octanol–water partition coefficient (Wildman–Crippen LogP) is 3.91. The average molecular weight is 373 g/mol. The largest absolute Gasteiger partial charge is 0.340 e. The highest BCUT2D eigenvalue weighted by atomic mass is 79.9. The van der Waals surface area contributed by atoms with Gasteiger partial charge in [-0.3, -0.25) is 14.9 Å². The molecule has 0 saturated carbocycles. The Kier molecular flexibility index (Phi) is 4.34. The van der Waals surface area contributed by atoms with E-state index in [-0.39, 0.29) is 11.4 Å². The number of hydrogen-bond acceptors (Lipinski definition) is 3.